The van der Waals surface area contributed by atoms with Gasteiger partial charge in [0.1, 0.15) is 23.7 Å². The van der Waals surface area contributed by atoms with Gasteiger partial charge >= 0.3 is 6.03 Å². The van der Waals surface area contributed by atoms with Gasteiger partial charge in [-0.25, -0.2) is 13.6 Å². The second-order valence-corrected chi connectivity index (χ2v) is 7.28. The van der Waals surface area contributed by atoms with Crippen LogP contribution in [0.25, 0.3) is 0 Å². The molecule has 0 bridgehead atoms. The van der Waals surface area contributed by atoms with Gasteiger partial charge in [0.15, 0.2) is 0 Å². The summed E-state index contributed by atoms with van der Waals surface area (Å²) < 4.78 is 26.9. The van der Waals surface area contributed by atoms with Crippen molar-refractivity contribution in [2.24, 2.45) is 0 Å². The fourth-order valence-corrected chi connectivity index (χ4v) is 4.03. The molecule has 8 heteroatoms. The Morgan fingerprint density at radius 1 is 1.22 bits per heavy atom. The van der Waals surface area contributed by atoms with E-state index in [1.807, 2.05) is 0 Å². The highest BCUT2D eigenvalue weighted by molar-refractivity contribution is 6.08. The lowest BCUT2D eigenvalue weighted by Crippen LogP contribution is -2.49. The van der Waals surface area contributed by atoms with E-state index in [2.05, 4.69) is 5.32 Å². The largest absolute Gasteiger partial charge is 0.348 e. The minimum atomic E-state index is -0.843. The van der Waals surface area contributed by atoms with E-state index >= 15 is 0 Å². The van der Waals surface area contributed by atoms with Crippen LogP contribution >= 0.6 is 0 Å². The summed E-state index contributed by atoms with van der Waals surface area (Å²) >= 11 is 0. The van der Waals surface area contributed by atoms with E-state index in [1.165, 1.54) is 11.0 Å². The monoisotopic (exact) mass is 379 g/mol. The summed E-state index contributed by atoms with van der Waals surface area (Å²) in [6, 6.07) is 1.89. The van der Waals surface area contributed by atoms with Gasteiger partial charge in [0, 0.05) is 18.7 Å². The van der Waals surface area contributed by atoms with E-state index in [-0.39, 0.29) is 11.5 Å². The van der Waals surface area contributed by atoms with Crippen LogP contribution in [0.2, 0.25) is 0 Å². The molecule has 0 radical (unpaired) electrons. The number of halogens is 2. The molecule has 1 aliphatic heterocycles. The van der Waals surface area contributed by atoms with E-state index in [0.717, 1.165) is 36.3 Å². The van der Waals surface area contributed by atoms with Gasteiger partial charge in [0.05, 0.1) is 6.04 Å². The standard InChI is InChI=1S/C19H23F2N3O3/c1-12(14-7-6-13(20)10-15(14)21)22-16(25)11-24-17(26)19(23(2)18(24)27)8-4-3-5-9-19/h6-7,10,12H,3-5,8-9,11H2,1-2H3,(H,22,25)/t12-/m1/s1. The molecule has 1 saturated carbocycles. The SMILES string of the molecule is C[C@@H](NC(=O)CN1C(=O)N(C)C2(CCCCC2)C1=O)c1ccc(F)cc1F. The lowest BCUT2D eigenvalue weighted by molar-refractivity contribution is -0.137. The Hall–Kier alpha value is -2.51. The number of hydrogen-bond donors (Lipinski definition) is 1. The van der Waals surface area contributed by atoms with Crippen LogP contribution in [0.1, 0.15) is 50.6 Å². The molecule has 1 heterocycles. The van der Waals surface area contributed by atoms with Crippen molar-refractivity contribution in [3.05, 3.63) is 35.4 Å². The van der Waals surface area contributed by atoms with E-state index in [9.17, 15) is 23.2 Å². The molecule has 4 amide bonds. The number of hydrogen-bond acceptors (Lipinski definition) is 3. The highest BCUT2D eigenvalue weighted by Gasteiger charge is 2.55. The Kier molecular flexibility index (Phi) is 5.17. The summed E-state index contributed by atoms with van der Waals surface area (Å²) in [5.41, 5.74) is -0.714. The van der Waals surface area contributed by atoms with Crippen molar-refractivity contribution in [2.45, 2.75) is 50.6 Å². The van der Waals surface area contributed by atoms with Gasteiger partial charge in [0.2, 0.25) is 5.91 Å². The molecule has 1 aromatic rings. The minimum absolute atomic E-state index is 0.129. The number of imide groups is 1. The topological polar surface area (TPSA) is 69.7 Å². The molecule has 1 aromatic carbocycles. The van der Waals surface area contributed by atoms with Gasteiger partial charge in [-0.05, 0) is 25.8 Å². The number of nitrogens with zero attached hydrogens (tertiary/aromatic N) is 2. The zero-order valence-electron chi connectivity index (χ0n) is 15.4. The molecule has 1 saturated heterocycles. The summed E-state index contributed by atoms with van der Waals surface area (Å²) in [6.07, 6.45) is 3.96. The number of nitrogens with one attached hydrogen (secondary N) is 1. The van der Waals surface area contributed by atoms with Gasteiger partial charge in [-0.15, -0.1) is 0 Å². The summed E-state index contributed by atoms with van der Waals surface area (Å²) in [5.74, 6) is -2.39. The fourth-order valence-electron chi connectivity index (χ4n) is 4.03. The molecule has 146 valence electrons. The van der Waals surface area contributed by atoms with Gasteiger partial charge in [-0.1, -0.05) is 25.3 Å². The maximum atomic E-state index is 13.9. The second kappa shape index (κ2) is 7.25. The molecule has 2 aliphatic rings. The lowest BCUT2D eigenvalue weighted by atomic mass is 9.81. The summed E-state index contributed by atoms with van der Waals surface area (Å²) in [4.78, 5) is 40.2. The number of carbonyl (C=O) groups excluding carboxylic acids is 3. The van der Waals surface area contributed by atoms with Gasteiger partial charge in [-0.2, -0.15) is 0 Å². The number of likely N-dealkylation sites (N-methyl/N-ethyl adjacent to an activating group) is 1. The fraction of sp³-hybridized carbons (Fsp3) is 0.526. The minimum Gasteiger partial charge on any atom is -0.348 e. The smallest absolute Gasteiger partial charge is 0.327 e. The summed E-state index contributed by atoms with van der Waals surface area (Å²) in [6.45, 7) is 1.13. The zero-order chi connectivity index (χ0) is 19.8. The van der Waals surface area contributed by atoms with E-state index in [0.29, 0.717) is 12.8 Å². The molecule has 6 nitrogen and oxygen atoms in total. The Bertz CT molecular complexity index is 777. The highest BCUT2D eigenvalue weighted by Crippen LogP contribution is 2.39. The molecule has 3 rings (SSSR count). The number of carbonyl (C=O) groups is 3. The van der Waals surface area contributed by atoms with Crippen LogP contribution in [0, 0.1) is 11.6 Å². The summed E-state index contributed by atoms with van der Waals surface area (Å²) in [7, 11) is 1.60. The van der Waals surface area contributed by atoms with E-state index < -0.39 is 41.7 Å². The van der Waals surface area contributed by atoms with Crippen molar-refractivity contribution in [1.29, 1.82) is 0 Å². The average Bonchev–Trinajstić information content (AvgIpc) is 2.78. The molecule has 0 aromatic heterocycles. The van der Waals surface area contributed by atoms with Crippen LogP contribution in [0.5, 0.6) is 0 Å². The van der Waals surface area contributed by atoms with Crippen LogP contribution in [-0.2, 0) is 9.59 Å². The number of urea groups is 1. The molecule has 0 unspecified atom stereocenters. The predicted octanol–water partition coefficient (Wildman–Crippen LogP) is 2.74. The molecular weight excluding hydrogens is 356 g/mol. The Labute approximate surface area is 156 Å². The first-order valence-corrected chi connectivity index (χ1v) is 9.10. The van der Waals surface area contributed by atoms with Crippen LogP contribution in [0.3, 0.4) is 0 Å². The molecule has 1 atom stereocenters. The first-order valence-electron chi connectivity index (χ1n) is 9.10. The van der Waals surface area contributed by atoms with Crippen molar-refractivity contribution >= 4 is 17.8 Å². The molecule has 1 spiro atoms. The van der Waals surface area contributed by atoms with E-state index in [4.69, 9.17) is 0 Å². The van der Waals surface area contributed by atoms with Crippen LogP contribution in [-0.4, -0.2) is 46.8 Å². The first kappa shape index (κ1) is 19.3. The Morgan fingerprint density at radius 3 is 2.52 bits per heavy atom. The molecule has 1 aliphatic carbocycles. The average molecular weight is 379 g/mol. The number of amides is 4. The highest BCUT2D eigenvalue weighted by atomic mass is 19.1. The third kappa shape index (κ3) is 3.40. The number of benzene rings is 1. The molecule has 1 N–H and O–H groups in total. The van der Waals surface area contributed by atoms with E-state index in [1.54, 1.807) is 14.0 Å². The van der Waals surface area contributed by atoms with Crippen LogP contribution in [0.4, 0.5) is 13.6 Å². The van der Waals surface area contributed by atoms with Crippen LogP contribution in [0.15, 0.2) is 18.2 Å². The van der Waals surface area contributed by atoms with Crippen molar-refractivity contribution in [3.63, 3.8) is 0 Å². The van der Waals surface area contributed by atoms with Gasteiger partial charge < -0.3 is 10.2 Å². The number of rotatable bonds is 4. The quantitative estimate of drug-likeness (QED) is 0.818. The Balaban J connectivity index is 1.68. The predicted molar refractivity (Wildman–Crippen MR) is 93.6 cm³/mol. The maximum absolute atomic E-state index is 13.9. The lowest BCUT2D eigenvalue weighted by Gasteiger charge is -2.35. The molecule has 2 fully saturated rings. The van der Waals surface area contributed by atoms with Crippen molar-refractivity contribution in [2.75, 3.05) is 13.6 Å². The van der Waals surface area contributed by atoms with Crippen LogP contribution < -0.4 is 5.32 Å². The molecular formula is C19H23F2N3O3. The first-order chi connectivity index (χ1) is 12.8. The van der Waals surface area contributed by atoms with Crippen molar-refractivity contribution in [1.82, 2.24) is 15.1 Å². The normalized spacial score (nSPS) is 20.3. The third-order valence-electron chi connectivity index (χ3n) is 5.59. The van der Waals surface area contributed by atoms with Crippen molar-refractivity contribution in [3.8, 4) is 0 Å². The zero-order valence-corrected chi connectivity index (χ0v) is 15.4. The van der Waals surface area contributed by atoms with Gasteiger partial charge in [0.25, 0.3) is 5.91 Å². The van der Waals surface area contributed by atoms with Gasteiger partial charge in [-0.3, -0.25) is 14.5 Å². The Morgan fingerprint density at radius 2 is 1.89 bits per heavy atom. The third-order valence-corrected chi connectivity index (χ3v) is 5.59. The molecule has 27 heavy (non-hydrogen) atoms. The van der Waals surface area contributed by atoms with Crippen molar-refractivity contribution < 1.29 is 23.2 Å². The maximum Gasteiger partial charge on any atom is 0.327 e. The second-order valence-electron chi connectivity index (χ2n) is 7.28. The summed E-state index contributed by atoms with van der Waals surface area (Å²) in [5, 5.41) is 2.56.